The summed E-state index contributed by atoms with van der Waals surface area (Å²) in [6.45, 7) is -15.1. The molecule has 83 heavy (non-hydrogen) atoms. The Balaban J connectivity index is 1.56. The average molecular weight is 1190 g/mol. The summed E-state index contributed by atoms with van der Waals surface area (Å²) >= 11 is 0. The summed E-state index contributed by atoms with van der Waals surface area (Å²) < 4.78 is 46.0. The Morgan fingerprint density at radius 2 is 0.410 bits per heavy atom. The van der Waals surface area contributed by atoms with E-state index in [2.05, 4.69) is 0 Å². The van der Waals surface area contributed by atoms with E-state index >= 15 is 4.57 Å². The molecule has 0 saturated carbocycles. The van der Waals surface area contributed by atoms with Crippen molar-refractivity contribution in [2.45, 2.75) is 57.8 Å². The fourth-order valence-corrected chi connectivity index (χ4v) is 38.1. The second-order valence-electron chi connectivity index (χ2n) is 21.1. The molecule has 9 aromatic rings. The van der Waals surface area contributed by atoms with Gasteiger partial charge in [0.15, 0.2) is 0 Å². The van der Waals surface area contributed by atoms with Crippen molar-refractivity contribution >= 4 is 94.0 Å². The summed E-state index contributed by atoms with van der Waals surface area (Å²) in [4.78, 5) is 37.7. The molecule has 0 spiro atoms. The molecule has 0 atom stereocenters. The van der Waals surface area contributed by atoms with Gasteiger partial charge >= 0.3 is 490 Å². The van der Waals surface area contributed by atoms with Crippen LogP contribution in [0, 0.1) is 0 Å². The zero-order valence-corrected chi connectivity index (χ0v) is 50.0. The molecule has 14 heteroatoms. The minimum absolute atomic E-state index is 0.137. The maximum atomic E-state index is 19.8. The van der Waals surface area contributed by atoms with Gasteiger partial charge in [-0.25, -0.2) is 0 Å². The molecule has 428 valence electrons. The monoisotopic (exact) mass is 1180 g/mol. The molecule has 0 aliphatic carbocycles. The summed E-state index contributed by atoms with van der Waals surface area (Å²) in [5, 5.41) is 37.1. The van der Waals surface area contributed by atoms with E-state index in [0.29, 0.717) is 67.0 Å². The van der Waals surface area contributed by atoms with Crippen LogP contribution >= 0.6 is 28.3 Å². The second kappa shape index (κ2) is 26.2. The molecule has 3 N–H and O–H groups in total. The van der Waals surface area contributed by atoms with Crippen LogP contribution < -0.4 is 47.7 Å². The molecule has 0 radical (unpaired) electrons. The van der Waals surface area contributed by atoms with Crippen molar-refractivity contribution < 1.29 is 47.2 Å². The summed E-state index contributed by atoms with van der Waals surface area (Å²) in [6.07, 6.45) is 1.68. The summed E-state index contributed by atoms with van der Waals surface area (Å²) in [5.41, 5.74) is 0. The summed E-state index contributed by atoms with van der Waals surface area (Å²) in [6, 6.07) is 88.4. The minimum atomic E-state index is -5.65. The maximum absolute atomic E-state index is 19.8. The number of hydrogen-bond acceptors (Lipinski definition) is 7. The Kier molecular flexibility index (Phi) is 19.0. The molecule has 0 aromatic heterocycles. The molecule has 0 aliphatic heterocycles. The Labute approximate surface area is 487 Å². The zero-order valence-electron chi connectivity index (χ0n) is 46.5. The number of carbonyl (C=O) groups is 3. The van der Waals surface area contributed by atoms with Crippen molar-refractivity contribution in [1.82, 2.24) is 0 Å². The molecule has 0 fully saturated rings. The van der Waals surface area contributed by atoms with E-state index in [-0.39, 0.29) is 57.0 Å². The molecule has 0 unspecified atom stereocenters. The van der Waals surface area contributed by atoms with Crippen LogP contribution in [0.1, 0.15) is 57.8 Å². The molecular weight excluding hydrogens is 1110 g/mol. The van der Waals surface area contributed by atoms with Gasteiger partial charge in [0.2, 0.25) is 0 Å². The zero-order chi connectivity index (χ0) is 58.2. The van der Waals surface area contributed by atoms with Crippen LogP contribution in [0.3, 0.4) is 0 Å². The van der Waals surface area contributed by atoms with Crippen LogP contribution in [-0.4, -0.2) is 51.7 Å². The first-order valence-electron chi connectivity index (χ1n) is 28.3. The van der Waals surface area contributed by atoms with E-state index in [1.807, 2.05) is 273 Å². The van der Waals surface area contributed by atoms with Crippen molar-refractivity contribution in [2.75, 3.05) is 18.5 Å². The summed E-state index contributed by atoms with van der Waals surface area (Å²) in [5.74, 6) is -2.86. The number of aliphatic carboxylic acids is 3. The van der Waals surface area contributed by atoms with E-state index in [0.717, 1.165) is 0 Å². The number of unbranched alkanes of at least 4 members (excludes halogenated alkanes) is 3. The van der Waals surface area contributed by atoms with Crippen molar-refractivity contribution in [2.24, 2.45) is 0 Å². The predicted octanol–water partition coefficient (Wildman–Crippen LogP) is 13.2. The number of rotatable bonds is 30. The first kappa shape index (κ1) is 60.4. The molecule has 10 nitrogen and oxygen atoms in total. The van der Waals surface area contributed by atoms with E-state index in [4.69, 9.17) is 12.9 Å². The normalized spacial score (nSPS) is 14.0. The van der Waals surface area contributed by atoms with E-state index in [1.165, 1.54) is 0 Å². The SMILES string of the molecule is O=C(O)CCCCP(OP(=O)(OP(CCCCC(=O)O)(c1ccccc1)(c1ccccc1)c1ccccc1)OP(CCCCC(=O)O)(c1ccccc1)(c1ccccc1)c1ccccc1)(c1ccccc1)(c1ccccc1)c1ccccc1. The van der Waals surface area contributed by atoms with Gasteiger partial charge in [-0.15, -0.1) is 0 Å². The third-order valence-corrected chi connectivity index (χ3v) is 39.0. The number of carboxylic acids is 3. The quantitative estimate of drug-likeness (QED) is 0.0292. The van der Waals surface area contributed by atoms with Gasteiger partial charge in [0.25, 0.3) is 0 Å². The molecular formula is C69H72O10P4. The van der Waals surface area contributed by atoms with Crippen LogP contribution in [0.5, 0.6) is 0 Å². The summed E-state index contributed by atoms with van der Waals surface area (Å²) in [7, 11) is -5.65. The van der Waals surface area contributed by atoms with Gasteiger partial charge < -0.3 is 0 Å². The Hall–Kier alpha value is -7.21. The first-order chi connectivity index (χ1) is 40.3. The van der Waals surface area contributed by atoms with Crippen LogP contribution in [0.2, 0.25) is 0 Å². The number of benzene rings is 9. The number of phosphoric acid groups is 1. The van der Waals surface area contributed by atoms with Gasteiger partial charge in [0.05, 0.1) is 0 Å². The van der Waals surface area contributed by atoms with Gasteiger partial charge in [0.1, 0.15) is 0 Å². The fraction of sp³-hybridized carbons (Fsp3) is 0.174. The molecule has 9 aromatic carbocycles. The predicted molar refractivity (Wildman–Crippen MR) is 345 cm³/mol. The van der Waals surface area contributed by atoms with Gasteiger partial charge in [-0.1, -0.05) is 0 Å². The first-order valence-corrected chi connectivity index (χ1v) is 36.8. The van der Waals surface area contributed by atoms with Gasteiger partial charge in [-0.2, -0.15) is 0 Å². The van der Waals surface area contributed by atoms with E-state index in [9.17, 15) is 29.7 Å². The standard InChI is InChI=1S/C69H72O10P4/c70-67(71)52-28-31-55-81(58-34-10-1-11-35-58,59-36-12-2-13-37-59,60-38-14-3-15-39-60)77-80(76,78-82(56-32-29-53-68(72)73,61-40-16-4-17-41-61,62-42-18-5-19-43-62)63-44-20-6-21-45-63)79-83(57-33-30-54-69(74)75,64-46-22-7-23-47-64,65-48-24-8-25-49-65)66-50-26-9-27-51-66/h1-27,34-51H,28-33,52-57H2,(H,70,71)(H,72,73)(H,74,75). The van der Waals surface area contributed by atoms with Crippen LogP contribution in [0.25, 0.3) is 0 Å². The fourth-order valence-electron chi connectivity index (χ4n) is 12.5. The van der Waals surface area contributed by atoms with Gasteiger partial charge in [-0.3, -0.25) is 0 Å². The van der Waals surface area contributed by atoms with E-state index in [1.54, 1.807) is 0 Å². The molecule has 0 aliphatic rings. The number of hydrogen-bond donors (Lipinski definition) is 3. The molecule has 0 amide bonds. The van der Waals surface area contributed by atoms with Crippen LogP contribution in [0.4, 0.5) is 0 Å². The van der Waals surface area contributed by atoms with Gasteiger partial charge in [0, 0.05) is 0 Å². The topological polar surface area (TPSA) is 157 Å². The number of carboxylic acid groups (broad SMARTS) is 3. The second-order valence-corrected chi connectivity index (χ2v) is 37.2. The van der Waals surface area contributed by atoms with Crippen molar-refractivity contribution in [3.8, 4) is 0 Å². The third-order valence-electron chi connectivity index (χ3n) is 16.2. The molecule has 0 heterocycles. The Morgan fingerprint density at radius 1 is 0.265 bits per heavy atom. The molecule has 9 rings (SSSR count). The Morgan fingerprint density at radius 3 is 0.542 bits per heavy atom. The van der Waals surface area contributed by atoms with Crippen molar-refractivity contribution in [3.63, 3.8) is 0 Å². The Bertz CT molecular complexity index is 2930. The van der Waals surface area contributed by atoms with Crippen molar-refractivity contribution in [3.05, 3.63) is 273 Å². The van der Waals surface area contributed by atoms with Crippen LogP contribution in [-0.2, 0) is 31.9 Å². The van der Waals surface area contributed by atoms with Gasteiger partial charge in [-0.05, 0) is 0 Å². The molecule has 0 bridgehead atoms. The van der Waals surface area contributed by atoms with Crippen LogP contribution in [0.15, 0.2) is 273 Å². The van der Waals surface area contributed by atoms with E-state index < -0.39 is 46.2 Å². The third kappa shape index (κ3) is 11.6. The molecule has 0 saturated heterocycles. The van der Waals surface area contributed by atoms with Crippen molar-refractivity contribution in [1.29, 1.82) is 0 Å². The average Bonchev–Trinajstić information content (AvgIpc) is 1.14.